The second-order valence-electron chi connectivity index (χ2n) is 6.16. The van der Waals surface area contributed by atoms with Crippen LogP contribution in [0.4, 0.5) is 0 Å². The molecule has 0 aromatic heterocycles. The van der Waals surface area contributed by atoms with Crippen molar-refractivity contribution in [3.8, 4) is 0 Å². The lowest BCUT2D eigenvalue weighted by atomic mass is 10.3. The van der Waals surface area contributed by atoms with Gasteiger partial charge < -0.3 is 25.3 Å². The van der Waals surface area contributed by atoms with Crippen LogP contribution in [-0.2, 0) is 24.0 Å². The molecule has 0 saturated carbocycles. The normalized spacial score (nSPS) is 9.55. The van der Waals surface area contributed by atoms with Gasteiger partial charge >= 0.3 is 0 Å². The smallest absolute Gasteiger partial charge is 0.246 e. The van der Waals surface area contributed by atoms with Gasteiger partial charge in [0.15, 0.2) is 0 Å². The molecule has 10 heteroatoms. The Morgan fingerprint density at radius 2 is 1.00 bits per heavy atom. The second-order valence-corrected chi connectivity index (χ2v) is 6.16. The van der Waals surface area contributed by atoms with E-state index in [0.717, 1.165) is 24.3 Å². The molecule has 0 aromatic rings. The fraction of sp³-hybridized carbons (Fsp3) is 0.381. The Hall–Kier alpha value is -3.69. The average Bonchev–Trinajstić information content (AvgIpc) is 2.79. The lowest BCUT2D eigenvalue weighted by Gasteiger charge is -2.29. The van der Waals surface area contributed by atoms with Crippen LogP contribution in [0.1, 0.15) is 0 Å². The lowest BCUT2D eigenvalue weighted by Crippen LogP contribution is -2.46. The van der Waals surface area contributed by atoms with Gasteiger partial charge in [0.05, 0.1) is 0 Å². The summed E-state index contributed by atoms with van der Waals surface area (Å²) in [6, 6.07) is 0. The second kappa shape index (κ2) is 16.1. The monoisotopic (exact) mass is 433 g/mol. The molecule has 0 radical (unpaired) electrons. The summed E-state index contributed by atoms with van der Waals surface area (Å²) in [6.45, 7) is 15.5. The Morgan fingerprint density at radius 1 is 0.613 bits per heavy atom. The molecular weight excluding hydrogens is 402 g/mol. The number of carbonyl (C=O) groups is 5. The van der Waals surface area contributed by atoms with E-state index in [1.807, 2.05) is 0 Å². The number of carbonyl (C=O) groups excluding carboxylic acids is 5. The van der Waals surface area contributed by atoms with E-state index < -0.39 is 0 Å². The minimum atomic E-state index is -0.358. The van der Waals surface area contributed by atoms with Gasteiger partial charge in [0.25, 0.3) is 0 Å². The van der Waals surface area contributed by atoms with Crippen molar-refractivity contribution in [2.45, 2.75) is 0 Å². The number of amides is 5. The summed E-state index contributed by atoms with van der Waals surface area (Å²) < 4.78 is 0. The Balaban J connectivity index is 5.03. The van der Waals surface area contributed by atoms with E-state index in [9.17, 15) is 24.0 Å². The largest absolute Gasteiger partial charge is 0.357 e. The molecule has 31 heavy (non-hydrogen) atoms. The third-order valence-electron chi connectivity index (χ3n) is 4.21. The molecule has 170 valence electrons. The first kappa shape index (κ1) is 27.3. The van der Waals surface area contributed by atoms with Crippen molar-refractivity contribution < 1.29 is 24.0 Å². The molecule has 5 amide bonds. The molecule has 0 fully saturated rings. The van der Waals surface area contributed by atoms with Crippen molar-refractivity contribution in [3.63, 3.8) is 0 Å². The summed E-state index contributed by atoms with van der Waals surface area (Å²) >= 11 is 0. The molecule has 0 bridgehead atoms. The Kier molecular flexibility index (Phi) is 14.2. The van der Waals surface area contributed by atoms with Crippen LogP contribution in [0, 0.1) is 0 Å². The highest BCUT2D eigenvalue weighted by Gasteiger charge is 2.18. The Morgan fingerprint density at radius 3 is 1.35 bits per heavy atom. The molecule has 0 saturated heterocycles. The van der Waals surface area contributed by atoms with E-state index in [1.54, 1.807) is 0 Å². The van der Waals surface area contributed by atoms with Crippen LogP contribution in [0.2, 0.25) is 0 Å². The highest BCUT2D eigenvalue weighted by molar-refractivity contribution is 5.89. The number of nitrogens with zero attached hydrogens (tertiary/aromatic N) is 3. The van der Waals surface area contributed by atoms with Crippen molar-refractivity contribution in [1.82, 2.24) is 25.3 Å². The number of nitrogens with one attached hydrogen (secondary N) is 2. The van der Waals surface area contributed by atoms with E-state index >= 15 is 0 Å². The molecule has 0 aliphatic rings. The van der Waals surface area contributed by atoms with Gasteiger partial charge in [0.2, 0.25) is 30.0 Å². The van der Waals surface area contributed by atoms with Crippen molar-refractivity contribution in [2.75, 3.05) is 52.4 Å². The molecule has 0 spiro atoms. The lowest BCUT2D eigenvalue weighted by molar-refractivity contribution is -0.131. The van der Waals surface area contributed by atoms with Gasteiger partial charge in [0.1, 0.15) is 0 Å². The zero-order valence-electron chi connectivity index (χ0n) is 17.8. The minimum absolute atomic E-state index is 0.183. The van der Waals surface area contributed by atoms with Gasteiger partial charge in [-0.1, -0.05) is 26.3 Å². The quantitative estimate of drug-likeness (QED) is 0.175. The summed E-state index contributed by atoms with van der Waals surface area (Å²) in [5.74, 6) is -1.39. The topological polar surface area (TPSA) is 119 Å². The number of hydrogen-bond acceptors (Lipinski definition) is 5. The summed E-state index contributed by atoms with van der Waals surface area (Å²) in [5, 5.41) is 5.06. The molecule has 0 aromatic carbocycles. The predicted octanol–water partition coefficient (Wildman–Crippen LogP) is -0.922. The third kappa shape index (κ3) is 11.2. The van der Waals surface area contributed by atoms with Crippen molar-refractivity contribution in [2.24, 2.45) is 0 Å². The maximum atomic E-state index is 12.3. The summed E-state index contributed by atoms with van der Waals surface area (Å²) in [7, 11) is 0. The van der Waals surface area contributed by atoms with Crippen LogP contribution in [0.5, 0.6) is 0 Å². The standard InChI is InChI=1S/C21H31N5O5/c1-5-18(28)23-10-12-25(20(30)7-3)14-16-26(21(31)8-4)15-13-24(19(29)6-2)11-9-22-17-27/h5-8,17H,1-4,9-16H2,(H,22,27)(H,23,28). The third-order valence-corrected chi connectivity index (χ3v) is 4.21. The summed E-state index contributed by atoms with van der Waals surface area (Å²) in [5.41, 5.74) is 0. The van der Waals surface area contributed by atoms with Gasteiger partial charge in [0, 0.05) is 52.4 Å². The summed E-state index contributed by atoms with van der Waals surface area (Å²) in [4.78, 5) is 62.4. The average molecular weight is 434 g/mol. The molecule has 0 aliphatic heterocycles. The predicted molar refractivity (Wildman–Crippen MR) is 118 cm³/mol. The maximum Gasteiger partial charge on any atom is 0.246 e. The number of rotatable bonds is 17. The maximum absolute atomic E-state index is 12.3. The first-order valence-corrected chi connectivity index (χ1v) is 9.65. The van der Waals surface area contributed by atoms with Gasteiger partial charge in [-0.15, -0.1) is 0 Å². The van der Waals surface area contributed by atoms with E-state index in [2.05, 4.69) is 36.9 Å². The Bertz CT molecular complexity index is 692. The van der Waals surface area contributed by atoms with Gasteiger partial charge in [-0.3, -0.25) is 24.0 Å². The van der Waals surface area contributed by atoms with Crippen LogP contribution in [-0.4, -0.2) is 97.1 Å². The van der Waals surface area contributed by atoms with Crippen LogP contribution in [0.25, 0.3) is 0 Å². The zero-order chi connectivity index (χ0) is 23.6. The first-order chi connectivity index (χ1) is 14.8. The van der Waals surface area contributed by atoms with Crippen LogP contribution in [0.15, 0.2) is 50.6 Å². The van der Waals surface area contributed by atoms with Crippen LogP contribution >= 0.6 is 0 Å². The molecule has 0 rings (SSSR count). The Labute approximate surface area is 182 Å². The first-order valence-electron chi connectivity index (χ1n) is 9.65. The molecule has 0 heterocycles. The highest BCUT2D eigenvalue weighted by Crippen LogP contribution is 1.99. The molecule has 0 atom stereocenters. The number of hydrogen-bond donors (Lipinski definition) is 2. The van der Waals surface area contributed by atoms with Gasteiger partial charge in [-0.2, -0.15) is 0 Å². The zero-order valence-corrected chi connectivity index (χ0v) is 17.8. The fourth-order valence-corrected chi connectivity index (χ4v) is 2.51. The van der Waals surface area contributed by atoms with Crippen molar-refractivity contribution in [3.05, 3.63) is 50.6 Å². The van der Waals surface area contributed by atoms with Crippen molar-refractivity contribution >= 4 is 30.0 Å². The van der Waals surface area contributed by atoms with E-state index in [-0.39, 0.29) is 76.0 Å². The fourth-order valence-electron chi connectivity index (χ4n) is 2.51. The minimum Gasteiger partial charge on any atom is -0.357 e. The molecule has 2 N–H and O–H groups in total. The molecule has 10 nitrogen and oxygen atoms in total. The van der Waals surface area contributed by atoms with Crippen LogP contribution in [0.3, 0.4) is 0 Å². The van der Waals surface area contributed by atoms with E-state index in [4.69, 9.17) is 0 Å². The molecule has 0 unspecified atom stereocenters. The summed E-state index contributed by atoms with van der Waals surface area (Å²) in [6.07, 6.45) is 5.12. The van der Waals surface area contributed by atoms with Gasteiger partial charge in [-0.25, -0.2) is 0 Å². The highest BCUT2D eigenvalue weighted by atomic mass is 16.2. The van der Waals surface area contributed by atoms with E-state index in [1.165, 1.54) is 14.7 Å². The van der Waals surface area contributed by atoms with Crippen molar-refractivity contribution in [1.29, 1.82) is 0 Å². The van der Waals surface area contributed by atoms with Crippen LogP contribution < -0.4 is 10.6 Å². The SMILES string of the molecule is C=CC(=O)NCCN(CCN(CCN(CCNC=O)C(=O)C=C)C(=O)C=C)C(=O)C=C. The van der Waals surface area contributed by atoms with E-state index in [0.29, 0.717) is 6.41 Å². The molecular formula is C21H31N5O5. The van der Waals surface area contributed by atoms with Gasteiger partial charge in [-0.05, 0) is 24.3 Å². The molecule has 0 aliphatic carbocycles.